The SMILES string of the molecule is O=c1[nH]nc(-c2cccs2)c2cc(F)c(F)cc12. The molecular formula is C12H6F2N2OS. The molecule has 18 heavy (non-hydrogen) atoms. The summed E-state index contributed by atoms with van der Waals surface area (Å²) in [4.78, 5) is 12.3. The Balaban J connectivity index is 2.45. The van der Waals surface area contributed by atoms with E-state index >= 15 is 0 Å². The zero-order valence-electron chi connectivity index (χ0n) is 8.91. The lowest BCUT2D eigenvalue weighted by atomic mass is 10.1. The molecule has 6 heteroatoms. The van der Waals surface area contributed by atoms with Gasteiger partial charge in [0, 0.05) is 5.39 Å². The predicted molar refractivity (Wildman–Crippen MR) is 65.6 cm³/mol. The van der Waals surface area contributed by atoms with Gasteiger partial charge in [-0.3, -0.25) is 4.79 Å². The second-order valence-corrected chi connectivity index (χ2v) is 4.64. The average molecular weight is 264 g/mol. The molecule has 0 bridgehead atoms. The van der Waals surface area contributed by atoms with E-state index in [1.54, 1.807) is 6.07 Å². The van der Waals surface area contributed by atoms with Gasteiger partial charge in [-0.25, -0.2) is 13.9 Å². The third-order valence-corrected chi connectivity index (χ3v) is 3.46. The molecule has 0 atom stereocenters. The number of hydrogen-bond acceptors (Lipinski definition) is 3. The molecule has 3 rings (SSSR count). The Morgan fingerprint density at radius 1 is 1.17 bits per heavy atom. The van der Waals surface area contributed by atoms with Gasteiger partial charge in [0.2, 0.25) is 0 Å². The highest BCUT2D eigenvalue weighted by Gasteiger charge is 2.13. The van der Waals surface area contributed by atoms with E-state index in [0.29, 0.717) is 11.1 Å². The molecule has 0 spiro atoms. The molecule has 0 aliphatic rings. The molecular weight excluding hydrogens is 258 g/mol. The molecule has 2 heterocycles. The first-order chi connectivity index (χ1) is 8.66. The number of thiophene rings is 1. The van der Waals surface area contributed by atoms with E-state index in [2.05, 4.69) is 10.2 Å². The normalized spacial score (nSPS) is 11.0. The lowest BCUT2D eigenvalue weighted by molar-refractivity contribution is 0.511. The summed E-state index contributed by atoms with van der Waals surface area (Å²) in [5.41, 5.74) is -0.0947. The minimum absolute atomic E-state index is 0.0901. The number of aromatic nitrogens is 2. The van der Waals surface area contributed by atoms with E-state index < -0.39 is 17.2 Å². The Labute approximate surface area is 104 Å². The number of hydrogen-bond donors (Lipinski definition) is 1. The maximum atomic E-state index is 13.3. The van der Waals surface area contributed by atoms with Crippen LogP contribution in [-0.4, -0.2) is 10.2 Å². The zero-order chi connectivity index (χ0) is 12.7. The summed E-state index contributed by atoms with van der Waals surface area (Å²) in [6, 6.07) is 5.51. The van der Waals surface area contributed by atoms with Crippen molar-refractivity contribution in [3.8, 4) is 10.6 Å². The van der Waals surface area contributed by atoms with Crippen molar-refractivity contribution in [3.05, 3.63) is 51.6 Å². The van der Waals surface area contributed by atoms with Crippen LogP contribution in [0.4, 0.5) is 8.78 Å². The molecule has 3 nitrogen and oxygen atoms in total. The Morgan fingerprint density at radius 3 is 2.56 bits per heavy atom. The minimum atomic E-state index is -1.05. The largest absolute Gasteiger partial charge is 0.272 e. The monoisotopic (exact) mass is 264 g/mol. The molecule has 0 aliphatic heterocycles. The Morgan fingerprint density at radius 2 is 1.89 bits per heavy atom. The molecule has 0 fully saturated rings. The van der Waals surface area contributed by atoms with Crippen LogP contribution in [0.3, 0.4) is 0 Å². The first kappa shape index (κ1) is 11.0. The molecule has 1 N–H and O–H groups in total. The van der Waals surface area contributed by atoms with Gasteiger partial charge in [0.25, 0.3) is 5.56 Å². The van der Waals surface area contributed by atoms with Crippen LogP contribution < -0.4 is 5.56 Å². The van der Waals surface area contributed by atoms with Crippen molar-refractivity contribution >= 4 is 22.1 Å². The van der Waals surface area contributed by atoms with Crippen molar-refractivity contribution in [2.24, 2.45) is 0 Å². The molecule has 0 aliphatic carbocycles. The fourth-order valence-electron chi connectivity index (χ4n) is 1.76. The van der Waals surface area contributed by atoms with Gasteiger partial charge in [0.15, 0.2) is 11.6 Å². The van der Waals surface area contributed by atoms with E-state index in [4.69, 9.17) is 0 Å². The van der Waals surface area contributed by atoms with Gasteiger partial charge in [0.05, 0.1) is 10.3 Å². The third-order valence-electron chi connectivity index (χ3n) is 2.58. The van der Waals surface area contributed by atoms with Crippen molar-refractivity contribution in [1.29, 1.82) is 0 Å². The maximum absolute atomic E-state index is 13.3. The molecule has 0 amide bonds. The van der Waals surface area contributed by atoms with E-state index in [9.17, 15) is 13.6 Å². The highest BCUT2D eigenvalue weighted by atomic mass is 32.1. The van der Waals surface area contributed by atoms with Crippen molar-refractivity contribution in [3.63, 3.8) is 0 Å². The number of aromatic amines is 1. The van der Waals surface area contributed by atoms with Crippen LogP contribution in [0.5, 0.6) is 0 Å². The van der Waals surface area contributed by atoms with Gasteiger partial charge in [-0.2, -0.15) is 5.10 Å². The van der Waals surface area contributed by atoms with E-state index in [1.165, 1.54) is 11.3 Å². The van der Waals surface area contributed by atoms with Crippen LogP contribution in [0.15, 0.2) is 34.4 Å². The number of benzene rings is 1. The Kier molecular flexibility index (Phi) is 2.45. The highest BCUT2D eigenvalue weighted by molar-refractivity contribution is 7.13. The molecule has 0 radical (unpaired) electrons. The second-order valence-electron chi connectivity index (χ2n) is 3.69. The molecule has 0 unspecified atom stereocenters. The first-order valence-corrected chi connectivity index (χ1v) is 5.96. The van der Waals surface area contributed by atoms with Crippen molar-refractivity contribution in [2.75, 3.05) is 0 Å². The highest BCUT2D eigenvalue weighted by Crippen LogP contribution is 2.28. The van der Waals surface area contributed by atoms with Crippen LogP contribution >= 0.6 is 11.3 Å². The number of H-pyrrole nitrogens is 1. The van der Waals surface area contributed by atoms with Crippen LogP contribution in [0, 0.1) is 11.6 Å². The van der Waals surface area contributed by atoms with Crippen molar-refractivity contribution in [1.82, 2.24) is 10.2 Å². The van der Waals surface area contributed by atoms with Gasteiger partial charge < -0.3 is 0 Å². The summed E-state index contributed by atoms with van der Waals surface area (Å²) >= 11 is 1.41. The van der Waals surface area contributed by atoms with Gasteiger partial charge in [-0.05, 0) is 23.6 Å². The average Bonchev–Trinajstić information content (AvgIpc) is 2.86. The molecule has 90 valence electrons. The first-order valence-electron chi connectivity index (χ1n) is 5.08. The summed E-state index contributed by atoms with van der Waals surface area (Å²) in [7, 11) is 0. The predicted octanol–water partition coefficient (Wildman–Crippen LogP) is 2.93. The van der Waals surface area contributed by atoms with E-state index in [1.807, 2.05) is 11.4 Å². The number of nitrogens with zero attached hydrogens (tertiary/aromatic N) is 1. The zero-order valence-corrected chi connectivity index (χ0v) is 9.72. The smallest absolute Gasteiger partial charge is 0.267 e. The van der Waals surface area contributed by atoms with Crippen LogP contribution in [-0.2, 0) is 0 Å². The molecule has 3 aromatic rings. The number of fused-ring (bicyclic) bond motifs is 1. The summed E-state index contributed by atoms with van der Waals surface area (Å²) in [5.74, 6) is -2.04. The summed E-state index contributed by atoms with van der Waals surface area (Å²) in [5, 5.41) is 8.43. The van der Waals surface area contributed by atoms with Gasteiger partial charge in [0.1, 0.15) is 5.69 Å². The van der Waals surface area contributed by atoms with Crippen molar-refractivity contribution < 1.29 is 8.78 Å². The summed E-state index contributed by atoms with van der Waals surface area (Å²) in [6.07, 6.45) is 0. The van der Waals surface area contributed by atoms with Crippen LogP contribution in [0.2, 0.25) is 0 Å². The number of nitrogens with one attached hydrogen (secondary N) is 1. The van der Waals surface area contributed by atoms with Crippen LogP contribution in [0.1, 0.15) is 0 Å². The topological polar surface area (TPSA) is 45.8 Å². The molecule has 0 saturated heterocycles. The molecule has 0 saturated carbocycles. The summed E-state index contributed by atoms with van der Waals surface area (Å²) < 4.78 is 26.4. The minimum Gasteiger partial charge on any atom is -0.267 e. The quantitative estimate of drug-likeness (QED) is 0.734. The molecule has 2 aromatic heterocycles. The Hall–Kier alpha value is -2.08. The van der Waals surface area contributed by atoms with E-state index in [0.717, 1.165) is 17.0 Å². The fourth-order valence-corrected chi connectivity index (χ4v) is 2.49. The fraction of sp³-hybridized carbons (Fsp3) is 0. The number of rotatable bonds is 1. The van der Waals surface area contributed by atoms with Gasteiger partial charge in [-0.15, -0.1) is 11.3 Å². The lowest BCUT2D eigenvalue weighted by Gasteiger charge is -2.03. The standard InChI is InChI=1S/C12H6F2N2OS/c13-8-4-6-7(5-9(8)14)12(17)16-15-11(6)10-2-1-3-18-10/h1-5H,(H,16,17). The Bertz CT molecular complexity index is 781. The molecule has 1 aromatic carbocycles. The lowest BCUT2D eigenvalue weighted by Crippen LogP contribution is -2.10. The third kappa shape index (κ3) is 1.62. The maximum Gasteiger partial charge on any atom is 0.272 e. The van der Waals surface area contributed by atoms with Crippen LogP contribution in [0.25, 0.3) is 21.3 Å². The second kappa shape index (κ2) is 3.99. The van der Waals surface area contributed by atoms with Crippen molar-refractivity contribution in [2.45, 2.75) is 0 Å². The number of halogens is 2. The van der Waals surface area contributed by atoms with Gasteiger partial charge in [-0.1, -0.05) is 6.07 Å². The summed E-state index contributed by atoms with van der Waals surface area (Å²) in [6.45, 7) is 0. The van der Waals surface area contributed by atoms with E-state index in [-0.39, 0.29) is 5.39 Å². The van der Waals surface area contributed by atoms with Gasteiger partial charge >= 0.3 is 0 Å².